The molecule has 8 heteroatoms. The van der Waals surface area contributed by atoms with Gasteiger partial charge in [-0.15, -0.1) is 0 Å². The van der Waals surface area contributed by atoms with Gasteiger partial charge in [0.15, 0.2) is 12.1 Å². The summed E-state index contributed by atoms with van der Waals surface area (Å²) in [6, 6.07) is -0.623. The largest absolute Gasteiger partial charge is 0.477 e. The Kier molecular flexibility index (Phi) is 43.4. The lowest BCUT2D eigenvalue weighted by Gasteiger charge is -2.31. The monoisotopic (exact) mass is 885 g/mol. The molecule has 0 aromatic heterocycles. The van der Waals surface area contributed by atoms with Crippen molar-refractivity contribution in [2.75, 3.05) is 41.0 Å². The van der Waals surface area contributed by atoms with E-state index in [0.29, 0.717) is 12.8 Å². The standard InChI is InChI=1S/C55H97NO7/c1-6-8-10-12-14-16-18-20-22-24-26-28-29-31-33-35-37-39-41-43-45-53(57)62-50-51(49-61-48-47-52(55(59)60)56(3,4)5)63-54(58)46-44-42-40-38-36-34-32-30-27-25-23-21-19-17-15-13-11-9-7-2/h9,11,15,17,21,23,27,30,34,36,51-52H,6-8,10,12-14,16,18-20,22,24-26,28-29,31-33,35,37-50H2,1-5H3/p+1/b11-9+,17-15+,23-21+,30-27+,36-34+. The number of carbonyl (C=O) groups excluding carboxylic acids is 2. The number of unbranched alkanes of at least 4 members (excludes halogenated alkanes) is 22. The van der Waals surface area contributed by atoms with Crippen LogP contribution in [-0.4, -0.2) is 80.6 Å². The number of rotatable bonds is 46. The molecule has 364 valence electrons. The number of hydrogen-bond acceptors (Lipinski definition) is 6. The van der Waals surface area contributed by atoms with Gasteiger partial charge in [0.1, 0.15) is 6.61 Å². The van der Waals surface area contributed by atoms with Crippen LogP contribution in [0.25, 0.3) is 0 Å². The van der Waals surface area contributed by atoms with Gasteiger partial charge in [0.05, 0.1) is 34.4 Å². The molecule has 0 saturated carbocycles. The topological polar surface area (TPSA) is 99.1 Å². The Hall–Kier alpha value is -2.97. The highest BCUT2D eigenvalue weighted by atomic mass is 16.6. The highest BCUT2D eigenvalue weighted by molar-refractivity contribution is 5.72. The zero-order chi connectivity index (χ0) is 46.3. The zero-order valence-electron chi connectivity index (χ0n) is 41.5. The number of esters is 2. The second-order valence-electron chi connectivity index (χ2n) is 18.4. The first-order valence-electron chi connectivity index (χ1n) is 25.8. The summed E-state index contributed by atoms with van der Waals surface area (Å²) < 4.78 is 17.3. The minimum atomic E-state index is -0.880. The summed E-state index contributed by atoms with van der Waals surface area (Å²) in [5.41, 5.74) is 0. The molecule has 0 rings (SSSR count). The summed E-state index contributed by atoms with van der Waals surface area (Å²) in [5, 5.41) is 9.65. The van der Waals surface area contributed by atoms with Crippen molar-refractivity contribution in [2.24, 2.45) is 0 Å². The fourth-order valence-corrected chi connectivity index (χ4v) is 7.47. The maximum absolute atomic E-state index is 12.8. The Bertz CT molecular complexity index is 1210. The summed E-state index contributed by atoms with van der Waals surface area (Å²) in [7, 11) is 5.52. The quantitative estimate of drug-likeness (QED) is 0.0281. The van der Waals surface area contributed by atoms with Crippen LogP contribution >= 0.6 is 0 Å². The maximum Gasteiger partial charge on any atom is 0.362 e. The van der Waals surface area contributed by atoms with Crippen LogP contribution in [0.5, 0.6) is 0 Å². The van der Waals surface area contributed by atoms with Crippen LogP contribution in [0, 0.1) is 0 Å². The second kappa shape index (κ2) is 45.6. The number of allylic oxidation sites excluding steroid dienone is 10. The molecule has 2 atom stereocenters. The van der Waals surface area contributed by atoms with Crippen LogP contribution in [0.4, 0.5) is 0 Å². The van der Waals surface area contributed by atoms with Gasteiger partial charge in [-0.2, -0.15) is 0 Å². The normalized spacial score (nSPS) is 13.3. The van der Waals surface area contributed by atoms with Gasteiger partial charge in [0, 0.05) is 19.3 Å². The van der Waals surface area contributed by atoms with Crippen molar-refractivity contribution in [2.45, 2.75) is 231 Å². The van der Waals surface area contributed by atoms with Gasteiger partial charge < -0.3 is 23.8 Å². The molecule has 0 bridgehead atoms. The van der Waals surface area contributed by atoms with E-state index >= 15 is 0 Å². The van der Waals surface area contributed by atoms with Crippen molar-refractivity contribution >= 4 is 17.9 Å². The van der Waals surface area contributed by atoms with Crippen molar-refractivity contribution < 1.29 is 38.2 Å². The third kappa shape index (κ3) is 44.0. The molecule has 1 N–H and O–H groups in total. The molecule has 2 unspecified atom stereocenters. The Morgan fingerprint density at radius 2 is 0.889 bits per heavy atom. The third-order valence-electron chi connectivity index (χ3n) is 11.4. The summed E-state index contributed by atoms with van der Waals surface area (Å²) in [6.07, 6.45) is 57.0. The van der Waals surface area contributed by atoms with Gasteiger partial charge in [-0.3, -0.25) is 9.59 Å². The van der Waals surface area contributed by atoms with E-state index < -0.39 is 18.1 Å². The number of carboxylic acid groups (broad SMARTS) is 1. The molecule has 0 aliphatic carbocycles. The first-order valence-corrected chi connectivity index (χ1v) is 25.8. The van der Waals surface area contributed by atoms with Gasteiger partial charge in [-0.05, 0) is 57.8 Å². The number of nitrogens with zero attached hydrogens (tertiary/aromatic N) is 1. The van der Waals surface area contributed by atoms with Gasteiger partial charge in [-0.1, -0.05) is 203 Å². The molecule has 0 heterocycles. The lowest BCUT2D eigenvalue weighted by Crippen LogP contribution is -2.50. The minimum Gasteiger partial charge on any atom is -0.477 e. The number of likely N-dealkylation sites (N-methyl/N-ethyl adjacent to an activating group) is 1. The van der Waals surface area contributed by atoms with Crippen molar-refractivity contribution in [3.8, 4) is 0 Å². The van der Waals surface area contributed by atoms with E-state index in [0.717, 1.165) is 77.0 Å². The number of carboxylic acids is 1. The van der Waals surface area contributed by atoms with Crippen LogP contribution in [0.3, 0.4) is 0 Å². The molecule has 0 radical (unpaired) electrons. The van der Waals surface area contributed by atoms with Gasteiger partial charge in [0.2, 0.25) is 0 Å². The third-order valence-corrected chi connectivity index (χ3v) is 11.4. The summed E-state index contributed by atoms with van der Waals surface area (Å²) in [5.74, 6) is -1.50. The number of quaternary nitrogens is 1. The Morgan fingerprint density at radius 1 is 0.492 bits per heavy atom. The molecule has 0 aliphatic rings. The van der Waals surface area contributed by atoms with Crippen molar-refractivity contribution in [1.29, 1.82) is 0 Å². The summed E-state index contributed by atoms with van der Waals surface area (Å²) in [6.45, 7) is 4.61. The zero-order valence-corrected chi connectivity index (χ0v) is 41.5. The molecule has 63 heavy (non-hydrogen) atoms. The molecular formula is C55H98NO7+. The van der Waals surface area contributed by atoms with Crippen LogP contribution < -0.4 is 0 Å². The first kappa shape index (κ1) is 60.0. The number of carbonyl (C=O) groups is 3. The van der Waals surface area contributed by atoms with Crippen molar-refractivity contribution in [3.63, 3.8) is 0 Å². The molecule has 0 aromatic rings. The van der Waals surface area contributed by atoms with E-state index in [1.165, 1.54) is 109 Å². The second-order valence-corrected chi connectivity index (χ2v) is 18.4. The van der Waals surface area contributed by atoms with E-state index in [2.05, 4.69) is 74.6 Å². The molecule has 0 amide bonds. The highest BCUT2D eigenvalue weighted by Crippen LogP contribution is 2.16. The van der Waals surface area contributed by atoms with Crippen LogP contribution in [0.2, 0.25) is 0 Å². The number of aliphatic carboxylic acids is 1. The smallest absolute Gasteiger partial charge is 0.362 e. The van der Waals surface area contributed by atoms with E-state index in [-0.39, 0.29) is 42.7 Å². The summed E-state index contributed by atoms with van der Waals surface area (Å²) >= 11 is 0. The predicted molar refractivity (Wildman–Crippen MR) is 266 cm³/mol. The average Bonchev–Trinajstić information content (AvgIpc) is 3.24. The molecule has 0 fully saturated rings. The van der Waals surface area contributed by atoms with Gasteiger partial charge in [0.25, 0.3) is 0 Å². The summed E-state index contributed by atoms with van der Waals surface area (Å²) in [4.78, 5) is 37.2. The predicted octanol–water partition coefficient (Wildman–Crippen LogP) is 14.9. The molecule has 0 aliphatic heterocycles. The van der Waals surface area contributed by atoms with Gasteiger partial charge in [-0.25, -0.2) is 4.79 Å². The van der Waals surface area contributed by atoms with Crippen molar-refractivity contribution in [3.05, 3.63) is 60.8 Å². The Labute approximate surface area is 388 Å². The van der Waals surface area contributed by atoms with E-state index in [4.69, 9.17) is 14.2 Å². The Morgan fingerprint density at radius 3 is 1.32 bits per heavy atom. The van der Waals surface area contributed by atoms with Crippen molar-refractivity contribution in [1.82, 2.24) is 0 Å². The molecule has 0 saturated heterocycles. The molecule has 0 aromatic carbocycles. The number of hydrogen-bond donors (Lipinski definition) is 1. The van der Waals surface area contributed by atoms with Crippen LogP contribution in [-0.2, 0) is 28.6 Å². The van der Waals surface area contributed by atoms with E-state index in [1.54, 1.807) is 0 Å². The highest BCUT2D eigenvalue weighted by Gasteiger charge is 2.31. The fourth-order valence-electron chi connectivity index (χ4n) is 7.47. The van der Waals surface area contributed by atoms with E-state index in [1.807, 2.05) is 21.1 Å². The van der Waals surface area contributed by atoms with Gasteiger partial charge >= 0.3 is 17.9 Å². The first-order chi connectivity index (χ1) is 30.6. The van der Waals surface area contributed by atoms with E-state index in [9.17, 15) is 19.5 Å². The maximum atomic E-state index is 12.8. The fraction of sp³-hybridized carbons (Fsp3) is 0.764. The van der Waals surface area contributed by atoms with Crippen LogP contribution in [0.1, 0.15) is 219 Å². The lowest BCUT2D eigenvalue weighted by atomic mass is 10.0. The SMILES string of the molecule is CC/C=C/C/C=C/C/C=C/C/C=C/C/C=C/CCCCCC(=O)OC(COCCC(C(=O)O)[N+](C)(C)C)COC(=O)CCCCCCCCCCCCCCCCCCCCCC. The molecule has 0 spiro atoms. The average molecular weight is 885 g/mol. The minimum absolute atomic E-state index is 0.0475. The molecular weight excluding hydrogens is 787 g/mol. The lowest BCUT2D eigenvalue weighted by molar-refractivity contribution is -0.887. The van der Waals surface area contributed by atoms with Crippen LogP contribution in [0.15, 0.2) is 60.8 Å². The number of ether oxygens (including phenoxy) is 3. The molecule has 8 nitrogen and oxygen atoms in total. The Balaban J connectivity index is 4.29.